The molecule has 0 heterocycles. The molecule has 4 rings (SSSR count). The van der Waals surface area contributed by atoms with E-state index in [2.05, 4.69) is 80.6 Å². The van der Waals surface area contributed by atoms with E-state index in [4.69, 9.17) is 0 Å². The molecule has 3 aromatic rings. The van der Waals surface area contributed by atoms with E-state index >= 15 is 0 Å². The fourth-order valence-corrected chi connectivity index (χ4v) is 4.09. The molecule has 0 radical (unpaired) electrons. The van der Waals surface area contributed by atoms with E-state index in [0.29, 0.717) is 5.92 Å². The lowest BCUT2D eigenvalue weighted by molar-refractivity contribution is 0.750. The molecule has 1 unspecified atom stereocenters. The van der Waals surface area contributed by atoms with Crippen LogP contribution >= 0.6 is 0 Å². The average molecular weight is 298 g/mol. The highest BCUT2D eigenvalue weighted by atomic mass is 14.3. The first kappa shape index (κ1) is 14.3. The summed E-state index contributed by atoms with van der Waals surface area (Å²) in [5.74, 6) is 0.574. The van der Waals surface area contributed by atoms with Crippen LogP contribution in [0.15, 0.2) is 66.2 Å². The maximum Gasteiger partial charge on any atom is 0.00608 e. The van der Waals surface area contributed by atoms with Crippen LogP contribution in [0, 0.1) is 0 Å². The van der Waals surface area contributed by atoms with E-state index in [9.17, 15) is 0 Å². The Balaban J connectivity index is 1.98. The number of fused-ring (bicyclic) bond motifs is 2. The Bertz CT molecular complexity index is 894. The fraction of sp³-hybridized carbons (Fsp3) is 0.217. The van der Waals surface area contributed by atoms with Crippen LogP contribution in [0.4, 0.5) is 0 Å². The molecule has 3 aromatic carbocycles. The van der Waals surface area contributed by atoms with Gasteiger partial charge in [0, 0.05) is 5.92 Å². The third-order valence-electron chi connectivity index (χ3n) is 5.17. The Hall–Kier alpha value is -2.34. The van der Waals surface area contributed by atoms with Crippen molar-refractivity contribution < 1.29 is 0 Å². The van der Waals surface area contributed by atoms with Crippen LogP contribution in [0.25, 0.3) is 28.0 Å². The van der Waals surface area contributed by atoms with E-state index in [1.54, 1.807) is 5.57 Å². The van der Waals surface area contributed by atoms with E-state index in [1.165, 1.54) is 39.4 Å². The normalized spacial score (nSPS) is 16.4. The maximum absolute atomic E-state index is 2.41. The van der Waals surface area contributed by atoms with Gasteiger partial charge >= 0.3 is 0 Å². The molecule has 0 saturated heterocycles. The van der Waals surface area contributed by atoms with Crippen LogP contribution in [0.5, 0.6) is 0 Å². The summed E-state index contributed by atoms with van der Waals surface area (Å²) in [5, 5.41) is 2.67. The second kappa shape index (κ2) is 5.70. The summed E-state index contributed by atoms with van der Waals surface area (Å²) >= 11 is 0. The summed E-state index contributed by atoms with van der Waals surface area (Å²) < 4.78 is 0. The Morgan fingerprint density at radius 1 is 0.783 bits per heavy atom. The van der Waals surface area contributed by atoms with E-state index < -0.39 is 0 Å². The lowest BCUT2D eigenvalue weighted by Crippen LogP contribution is -1.99. The lowest BCUT2D eigenvalue weighted by Gasteiger charge is -2.19. The summed E-state index contributed by atoms with van der Waals surface area (Å²) in [7, 11) is 0. The summed E-state index contributed by atoms with van der Waals surface area (Å²) in [6.45, 7) is 4.58. The van der Waals surface area contributed by atoms with Crippen molar-refractivity contribution in [3.8, 4) is 11.1 Å². The predicted octanol–water partition coefficient (Wildman–Crippen LogP) is 6.81. The minimum atomic E-state index is 0.574. The van der Waals surface area contributed by atoms with Crippen molar-refractivity contribution >= 4 is 16.8 Å². The zero-order chi connectivity index (χ0) is 15.8. The van der Waals surface area contributed by atoms with Crippen LogP contribution < -0.4 is 0 Å². The van der Waals surface area contributed by atoms with Gasteiger partial charge in [-0.1, -0.05) is 86.2 Å². The number of benzene rings is 3. The zero-order valence-corrected chi connectivity index (χ0v) is 13.8. The third kappa shape index (κ3) is 2.21. The van der Waals surface area contributed by atoms with Gasteiger partial charge in [0.25, 0.3) is 0 Å². The molecule has 0 spiro atoms. The predicted molar refractivity (Wildman–Crippen MR) is 101 cm³/mol. The molecular weight excluding hydrogens is 276 g/mol. The maximum atomic E-state index is 2.41. The van der Waals surface area contributed by atoms with Crippen molar-refractivity contribution in [2.24, 2.45) is 0 Å². The molecule has 0 fully saturated rings. The van der Waals surface area contributed by atoms with E-state index in [-0.39, 0.29) is 0 Å². The lowest BCUT2D eigenvalue weighted by atomic mass is 9.85. The van der Waals surface area contributed by atoms with Crippen molar-refractivity contribution in [1.29, 1.82) is 0 Å². The highest BCUT2D eigenvalue weighted by Gasteiger charge is 2.26. The molecule has 1 aliphatic carbocycles. The first-order valence-electron chi connectivity index (χ1n) is 8.65. The molecule has 1 aliphatic rings. The van der Waals surface area contributed by atoms with Crippen molar-refractivity contribution in [3.63, 3.8) is 0 Å². The van der Waals surface area contributed by atoms with Crippen molar-refractivity contribution in [1.82, 2.24) is 0 Å². The zero-order valence-electron chi connectivity index (χ0n) is 13.8. The number of allylic oxidation sites excluding steroid dienone is 1. The second-order valence-corrected chi connectivity index (χ2v) is 6.37. The van der Waals surface area contributed by atoms with Crippen LogP contribution in [0.1, 0.15) is 43.7 Å². The molecule has 0 nitrogen and oxygen atoms in total. The molecule has 0 aromatic heterocycles. The van der Waals surface area contributed by atoms with Gasteiger partial charge in [0.15, 0.2) is 0 Å². The summed E-state index contributed by atoms with van der Waals surface area (Å²) in [6.07, 6.45) is 4.73. The summed E-state index contributed by atoms with van der Waals surface area (Å²) in [5.41, 5.74) is 7.30. The van der Waals surface area contributed by atoms with Crippen molar-refractivity contribution in [2.45, 2.75) is 32.6 Å². The highest BCUT2D eigenvalue weighted by Crippen LogP contribution is 2.45. The van der Waals surface area contributed by atoms with Gasteiger partial charge in [-0.15, -0.1) is 0 Å². The molecule has 0 saturated carbocycles. The average Bonchev–Trinajstić information content (AvgIpc) is 2.99. The third-order valence-corrected chi connectivity index (χ3v) is 5.17. The molecule has 0 amide bonds. The molecular formula is C23H22. The number of hydrogen-bond acceptors (Lipinski definition) is 0. The molecule has 0 aliphatic heterocycles. The smallest absolute Gasteiger partial charge is 0.00608 e. The highest BCUT2D eigenvalue weighted by molar-refractivity contribution is 5.98. The fourth-order valence-electron chi connectivity index (χ4n) is 4.09. The van der Waals surface area contributed by atoms with Gasteiger partial charge in [0.05, 0.1) is 0 Å². The second-order valence-electron chi connectivity index (χ2n) is 6.37. The van der Waals surface area contributed by atoms with Gasteiger partial charge in [-0.25, -0.2) is 0 Å². The van der Waals surface area contributed by atoms with Gasteiger partial charge in [-0.2, -0.15) is 0 Å². The Morgan fingerprint density at radius 2 is 1.52 bits per heavy atom. The first-order valence-corrected chi connectivity index (χ1v) is 8.65. The van der Waals surface area contributed by atoms with Crippen LogP contribution in [-0.2, 0) is 0 Å². The van der Waals surface area contributed by atoms with Crippen molar-refractivity contribution in [2.75, 3.05) is 0 Å². The largest absolute Gasteiger partial charge is 0.0645 e. The molecule has 1 atom stereocenters. The Morgan fingerprint density at radius 3 is 2.35 bits per heavy atom. The number of rotatable bonds is 3. The molecule has 0 bridgehead atoms. The van der Waals surface area contributed by atoms with Gasteiger partial charge in [-0.3, -0.25) is 0 Å². The molecule has 0 N–H and O–H groups in total. The van der Waals surface area contributed by atoms with E-state index in [1.807, 2.05) is 0 Å². The molecule has 114 valence electrons. The minimum absolute atomic E-state index is 0.574. The van der Waals surface area contributed by atoms with Gasteiger partial charge in [-0.05, 0) is 45.9 Å². The minimum Gasteiger partial charge on any atom is -0.0645 e. The molecule has 23 heavy (non-hydrogen) atoms. The van der Waals surface area contributed by atoms with Crippen LogP contribution in [0.2, 0.25) is 0 Å². The van der Waals surface area contributed by atoms with Crippen LogP contribution in [0.3, 0.4) is 0 Å². The van der Waals surface area contributed by atoms with Gasteiger partial charge < -0.3 is 0 Å². The SMILES string of the molecule is CCC1=Cc2cccc(-c3cccc4ccccc34)c2C1CC. The first-order chi connectivity index (χ1) is 11.3. The van der Waals surface area contributed by atoms with Gasteiger partial charge in [0.1, 0.15) is 0 Å². The quantitative estimate of drug-likeness (QED) is 0.498. The standard InChI is InChI=1S/C23H22/c1-3-16-15-18-11-8-14-22(23(18)19(16)4-2)21-13-7-10-17-9-5-6-12-20(17)21/h5-15,19H,3-4H2,1-2H3. The Kier molecular flexibility index (Phi) is 3.53. The van der Waals surface area contributed by atoms with Crippen LogP contribution in [-0.4, -0.2) is 0 Å². The Labute approximate surface area is 138 Å². The van der Waals surface area contributed by atoms with Gasteiger partial charge in [0.2, 0.25) is 0 Å². The van der Waals surface area contributed by atoms with E-state index in [0.717, 1.165) is 6.42 Å². The monoisotopic (exact) mass is 298 g/mol. The summed E-state index contributed by atoms with van der Waals surface area (Å²) in [4.78, 5) is 0. The topological polar surface area (TPSA) is 0 Å². The molecule has 0 heteroatoms. The number of hydrogen-bond donors (Lipinski definition) is 0. The summed E-state index contributed by atoms with van der Waals surface area (Å²) in [6, 6.07) is 22.1. The van der Waals surface area contributed by atoms with Crippen molar-refractivity contribution in [3.05, 3.63) is 77.4 Å².